The van der Waals surface area contributed by atoms with E-state index in [0.29, 0.717) is 19.6 Å². The van der Waals surface area contributed by atoms with Crippen molar-refractivity contribution in [2.24, 2.45) is 11.3 Å². The molecule has 0 bridgehead atoms. The summed E-state index contributed by atoms with van der Waals surface area (Å²) in [5.41, 5.74) is -0.604. The van der Waals surface area contributed by atoms with Gasteiger partial charge in [0.1, 0.15) is 0 Å². The molecule has 0 aromatic carbocycles. The highest BCUT2D eigenvalue weighted by Gasteiger charge is 2.41. The summed E-state index contributed by atoms with van der Waals surface area (Å²) in [6.45, 7) is 4.02. The number of carboxylic acid groups (broad SMARTS) is 1. The highest BCUT2D eigenvalue weighted by molar-refractivity contribution is 5.74. The Labute approximate surface area is 91.0 Å². The first-order chi connectivity index (χ1) is 7.11. The van der Waals surface area contributed by atoms with E-state index in [1.807, 2.05) is 14.0 Å². The standard InChI is InChI=1S/C11H21NO3/c1-11(10(13)14,5-6-12-2)9-3-7-15-8-4-9/h9,12H,3-8H2,1-2H3,(H,13,14). The quantitative estimate of drug-likeness (QED) is 0.721. The molecule has 15 heavy (non-hydrogen) atoms. The lowest BCUT2D eigenvalue weighted by Crippen LogP contribution is -2.40. The Morgan fingerprint density at radius 2 is 2.13 bits per heavy atom. The van der Waals surface area contributed by atoms with Gasteiger partial charge < -0.3 is 15.2 Å². The zero-order valence-corrected chi connectivity index (χ0v) is 9.58. The van der Waals surface area contributed by atoms with Crippen LogP contribution in [0, 0.1) is 11.3 Å². The summed E-state index contributed by atoms with van der Waals surface area (Å²) in [7, 11) is 1.85. The summed E-state index contributed by atoms with van der Waals surface area (Å²) in [4.78, 5) is 11.4. The fourth-order valence-electron chi connectivity index (χ4n) is 2.21. The molecule has 0 spiro atoms. The number of rotatable bonds is 5. The Hall–Kier alpha value is -0.610. The van der Waals surface area contributed by atoms with Crippen molar-refractivity contribution < 1.29 is 14.6 Å². The van der Waals surface area contributed by atoms with Crippen molar-refractivity contribution in [1.29, 1.82) is 0 Å². The van der Waals surface area contributed by atoms with E-state index < -0.39 is 11.4 Å². The van der Waals surface area contributed by atoms with Crippen LogP contribution in [0.15, 0.2) is 0 Å². The van der Waals surface area contributed by atoms with Gasteiger partial charge >= 0.3 is 5.97 Å². The summed E-state index contributed by atoms with van der Waals surface area (Å²) >= 11 is 0. The van der Waals surface area contributed by atoms with Crippen LogP contribution in [0.3, 0.4) is 0 Å². The van der Waals surface area contributed by atoms with Gasteiger partial charge in [-0.15, -0.1) is 0 Å². The third-order valence-corrected chi connectivity index (χ3v) is 3.51. The van der Waals surface area contributed by atoms with E-state index in [0.717, 1.165) is 19.4 Å². The molecule has 0 amide bonds. The van der Waals surface area contributed by atoms with Crippen LogP contribution in [0.5, 0.6) is 0 Å². The fraction of sp³-hybridized carbons (Fsp3) is 0.909. The van der Waals surface area contributed by atoms with E-state index in [-0.39, 0.29) is 5.92 Å². The molecule has 1 unspecified atom stereocenters. The van der Waals surface area contributed by atoms with Crippen molar-refractivity contribution in [3.05, 3.63) is 0 Å². The summed E-state index contributed by atoms with van der Waals surface area (Å²) in [6.07, 6.45) is 2.42. The van der Waals surface area contributed by atoms with Gasteiger partial charge in [0, 0.05) is 13.2 Å². The first-order valence-corrected chi connectivity index (χ1v) is 5.57. The maximum Gasteiger partial charge on any atom is 0.309 e. The topological polar surface area (TPSA) is 58.6 Å². The van der Waals surface area contributed by atoms with Crippen molar-refractivity contribution >= 4 is 5.97 Å². The number of carboxylic acids is 1. The van der Waals surface area contributed by atoms with Crippen LogP contribution in [-0.4, -0.2) is 37.9 Å². The molecule has 0 radical (unpaired) electrons. The zero-order valence-electron chi connectivity index (χ0n) is 9.58. The maximum atomic E-state index is 11.4. The highest BCUT2D eigenvalue weighted by Crippen LogP contribution is 2.37. The Bertz CT molecular complexity index is 214. The van der Waals surface area contributed by atoms with Crippen LogP contribution >= 0.6 is 0 Å². The van der Waals surface area contributed by atoms with Gasteiger partial charge in [0.15, 0.2) is 0 Å². The van der Waals surface area contributed by atoms with Gasteiger partial charge in [-0.25, -0.2) is 0 Å². The van der Waals surface area contributed by atoms with Gasteiger partial charge in [0.25, 0.3) is 0 Å². The molecule has 0 aromatic rings. The lowest BCUT2D eigenvalue weighted by Gasteiger charge is -2.36. The molecule has 88 valence electrons. The van der Waals surface area contributed by atoms with E-state index in [1.165, 1.54) is 0 Å². The summed E-state index contributed by atoms with van der Waals surface area (Å²) in [5.74, 6) is -0.429. The van der Waals surface area contributed by atoms with E-state index in [4.69, 9.17) is 4.74 Å². The molecular formula is C11H21NO3. The second-order valence-electron chi connectivity index (χ2n) is 4.46. The first kappa shape index (κ1) is 12.5. The van der Waals surface area contributed by atoms with Gasteiger partial charge in [0.2, 0.25) is 0 Å². The lowest BCUT2D eigenvalue weighted by molar-refractivity contribution is -0.154. The number of hydrogen-bond donors (Lipinski definition) is 2. The molecule has 1 aliphatic rings. The monoisotopic (exact) mass is 215 g/mol. The van der Waals surface area contributed by atoms with Crippen LogP contribution in [-0.2, 0) is 9.53 Å². The van der Waals surface area contributed by atoms with Gasteiger partial charge in [0.05, 0.1) is 5.41 Å². The second kappa shape index (κ2) is 5.47. The Kier molecular flexibility index (Phi) is 4.54. The average Bonchev–Trinajstić information content (AvgIpc) is 2.27. The van der Waals surface area contributed by atoms with E-state index >= 15 is 0 Å². The molecule has 2 N–H and O–H groups in total. The van der Waals surface area contributed by atoms with Crippen LogP contribution in [0.1, 0.15) is 26.2 Å². The van der Waals surface area contributed by atoms with Crippen LogP contribution in [0.2, 0.25) is 0 Å². The first-order valence-electron chi connectivity index (χ1n) is 5.57. The molecule has 4 nitrogen and oxygen atoms in total. The molecule has 0 aromatic heterocycles. The lowest BCUT2D eigenvalue weighted by atomic mass is 9.71. The van der Waals surface area contributed by atoms with Crippen LogP contribution in [0.4, 0.5) is 0 Å². The minimum absolute atomic E-state index is 0.247. The molecule has 4 heteroatoms. The van der Waals surface area contributed by atoms with Crippen molar-refractivity contribution in [3.8, 4) is 0 Å². The van der Waals surface area contributed by atoms with E-state index in [1.54, 1.807) is 0 Å². The third-order valence-electron chi connectivity index (χ3n) is 3.51. The average molecular weight is 215 g/mol. The summed E-state index contributed by atoms with van der Waals surface area (Å²) < 4.78 is 5.27. The third kappa shape index (κ3) is 2.92. The molecule has 1 fully saturated rings. The normalized spacial score (nSPS) is 22.3. The fourth-order valence-corrected chi connectivity index (χ4v) is 2.21. The number of carbonyl (C=O) groups is 1. The largest absolute Gasteiger partial charge is 0.481 e. The minimum atomic E-state index is -0.676. The smallest absolute Gasteiger partial charge is 0.309 e. The molecule has 1 saturated heterocycles. The molecule has 0 aliphatic carbocycles. The Morgan fingerprint density at radius 1 is 1.53 bits per heavy atom. The molecule has 1 heterocycles. The van der Waals surface area contributed by atoms with Gasteiger partial charge in [-0.3, -0.25) is 4.79 Å². The summed E-state index contributed by atoms with van der Waals surface area (Å²) in [6, 6.07) is 0. The highest BCUT2D eigenvalue weighted by atomic mass is 16.5. The van der Waals surface area contributed by atoms with Crippen LogP contribution in [0.25, 0.3) is 0 Å². The van der Waals surface area contributed by atoms with Crippen molar-refractivity contribution in [2.45, 2.75) is 26.2 Å². The van der Waals surface area contributed by atoms with Gasteiger partial charge in [-0.1, -0.05) is 0 Å². The minimum Gasteiger partial charge on any atom is -0.481 e. The van der Waals surface area contributed by atoms with Crippen molar-refractivity contribution in [3.63, 3.8) is 0 Å². The SMILES string of the molecule is CNCCC(C)(C(=O)O)C1CCOCC1. The number of aliphatic carboxylic acids is 1. The predicted octanol–water partition coefficient (Wildman–Crippen LogP) is 1.11. The maximum absolute atomic E-state index is 11.4. The zero-order chi connectivity index (χ0) is 11.3. The number of ether oxygens (including phenoxy) is 1. The van der Waals surface area contributed by atoms with Crippen molar-refractivity contribution in [2.75, 3.05) is 26.8 Å². The van der Waals surface area contributed by atoms with E-state index in [2.05, 4.69) is 5.32 Å². The van der Waals surface area contributed by atoms with E-state index in [9.17, 15) is 9.90 Å². The van der Waals surface area contributed by atoms with Gasteiger partial charge in [-0.2, -0.15) is 0 Å². The van der Waals surface area contributed by atoms with Crippen molar-refractivity contribution in [1.82, 2.24) is 5.32 Å². The molecule has 1 rings (SSSR count). The molecule has 1 atom stereocenters. The molecule has 1 aliphatic heterocycles. The number of nitrogens with one attached hydrogen (secondary N) is 1. The molecule has 0 saturated carbocycles. The Balaban J connectivity index is 2.65. The van der Waals surface area contributed by atoms with Crippen LogP contribution < -0.4 is 5.32 Å². The van der Waals surface area contributed by atoms with Gasteiger partial charge in [-0.05, 0) is 45.7 Å². The Morgan fingerprint density at radius 3 is 2.60 bits per heavy atom. The number of hydrogen-bond acceptors (Lipinski definition) is 3. The summed E-state index contributed by atoms with van der Waals surface area (Å²) in [5, 5.41) is 12.4. The predicted molar refractivity (Wildman–Crippen MR) is 57.8 cm³/mol. The molecular weight excluding hydrogens is 194 g/mol. The second-order valence-corrected chi connectivity index (χ2v) is 4.46.